The molecule has 1 saturated carbocycles. The normalized spacial score (nSPS) is 23.3. The molecular formula is C18H20N2OS. The Morgan fingerprint density at radius 3 is 2.95 bits per heavy atom. The lowest BCUT2D eigenvalue weighted by atomic mass is 9.83. The molecule has 1 N–H and O–H groups in total. The minimum absolute atomic E-state index is 0.0104. The molecular weight excluding hydrogens is 292 g/mol. The Hall–Kier alpha value is -1.55. The zero-order valence-electron chi connectivity index (χ0n) is 12.8. The van der Waals surface area contributed by atoms with Crippen molar-refractivity contribution in [3.63, 3.8) is 0 Å². The predicted molar refractivity (Wildman–Crippen MR) is 93.2 cm³/mol. The SMILES string of the molecule is CSC1([C@H]2CC=C(c3cc4ccncc4[nH]c3=O)CC2)CC1. The Bertz CT molecular complexity index is 804. The maximum absolute atomic E-state index is 12.4. The maximum atomic E-state index is 12.4. The van der Waals surface area contributed by atoms with Gasteiger partial charge >= 0.3 is 0 Å². The van der Waals surface area contributed by atoms with E-state index >= 15 is 0 Å². The van der Waals surface area contributed by atoms with E-state index in [4.69, 9.17) is 0 Å². The standard InChI is InChI=1S/C18H20N2OS/c1-22-18(7-8-18)14-4-2-12(3-5-14)15-10-13-6-9-19-11-16(13)20-17(15)21/h2,6,9-11,14H,3-5,7-8H2,1H3,(H,20,21)/t14-/m0/s1. The summed E-state index contributed by atoms with van der Waals surface area (Å²) in [5.41, 5.74) is 2.88. The zero-order valence-corrected chi connectivity index (χ0v) is 13.6. The lowest BCUT2D eigenvalue weighted by Gasteiger charge is -2.28. The largest absolute Gasteiger partial charge is 0.320 e. The number of hydrogen-bond donors (Lipinski definition) is 1. The van der Waals surface area contributed by atoms with Gasteiger partial charge in [0.2, 0.25) is 0 Å². The molecule has 0 radical (unpaired) electrons. The van der Waals surface area contributed by atoms with Crippen LogP contribution in [-0.2, 0) is 0 Å². The van der Waals surface area contributed by atoms with E-state index in [2.05, 4.69) is 22.3 Å². The summed E-state index contributed by atoms with van der Waals surface area (Å²) in [7, 11) is 0. The minimum Gasteiger partial charge on any atom is -0.320 e. The van der Waals surface area contributed by atoms with Gasteiger partial charge in [0.15, 0.2) is 0 Å². The first kappa shape index (κ1) is 14.1. The van der Waals surface area contributed by atoms with Crippen LogP contribution in [0.3, 0.4) is 0 Å². The third-order valence-electron chi connectivity index (χ3n) is 5.30. The molecule has 4 rings (SSSR count). The highest BCUT2D eigenvalue weighted by molar-refractivity contribution is 8.00. The highest BCUT2D eigenvalue weighted by Gasteiger charge is 2.48. The Labute approximate surface area is 134 Å². The molecule has 0 aliphatic heterocycles. The summed E-state index contributed by atoms with van der Waals surface area (Å²) >= 11 is 2.04. The summed E-state index contributed by atoms with van der Waals surface area (Å²) in [5.74, 6) is 0.787. The molecule has 0 spiro atoms. The van der Waals surface area contributed by atoms with Crippen molar-refractivity contribution in [2.24, 2.45) is 5.92 Å². The molecule has 3 nitrogen and oxygen atoms in total. The van der Waals surface area contributed by atoms with Crippen molar-refractivity contribution in [3.05, 3.63) is 46.5 Å². The molecule has 2 aromatic heterocycles. The van der Waals surface area contributed by atoms with Crippen molar-refractivity contribution < 1.29 is 0 Å². The zero-order chi connectivity index (χ0) is 15.2. The molecule has 0 aromatic carbocycles. The fourth-order valence-electron chi connectivity index (χ4n) is 3.74. The molecule has 2 aromatic rings. The second-order valence-electron chi connectivity index (χ2n) is 6.44. The molecule has 4 heteroatoms. The average molecular weight is 312 g/mol. The van der Waals surface area contributed by atoms with E-state index in [1.54, 1.807) is 12.4 Å². The van der Waals surface area contributed by atoms with Gasteiger partial charge < -0.3 is 4.98 Å². The fourth-order valence-corrected chi connectivity index (χ4v) is 4.80. The average Bonchev–Trinajstić information content (AvgIpc) is 3.36. The van der Waals surface area contributed by atoms with Gasteiger partial charge in [-0.2, -0.15) is 11.8 Å². The van der Waals surface area contributed by atoms with Gasteiger partial charge in [-0.1, -0.05) is 6.08 Å². The van der Waals surface area contributed by atoms with Crippen LogP contribution in [0.15, 0.2) is 35.4 Å². The van der Waals surface area contributed by atoms with Crippen molar-refractivity contribution in [2.45, 2.75) is 36.9 Å². The summed E-state index contributed by atoms with van der Waals surface area (Å²) < 4.78 is 0.545. The molecule has 1 atom stereocenters. The number of aromatic amines is 1. The number of nitrogens with one attached hydrogen (secondary N) is 1. The van der Waals surface area contributed by atoms with Crippen LogP contribution in [0.5, 0.6) is 0 Å². The highest BCUT2D eigenvalue weighted by Crippen LogP contribution is 2.56. The van der Waals surface area contributed by atoms with Crippen LogP contribution in [0.4, 0.5) is 0 Å². The van der Waals surface area contributed by atoms with Crippen molar-refractivity contribution in [3.8, 4) is 0 Å². The molecule has 114 valence electrons. The molecule has 0 amide bonds. The number of rotatable bonds is 3. The topological polar surface area (TPSA) is 45.8 Å². The molecule has 0 bridgehead atoms. The molecule has 1 fully saturated rings. The van der Waals surface area contributed by atoms with Crippen molar-refractivity contribution in [1.29, 1.82) is 0 Å². The third-order valence-corrected chi connectivity index (χ3v) is 6.85. The number of nitrogens with zero attached hydrogens (tertiary/aromatic N) is 1. The van der Waals surface area contributed by atoms with Crippen LogP contribution in [-0.4, -0.2) is 21.0 Å². The smallest absolute Gasteiger partial charge is 0.256 e. The predicted octanol–water partition coefficient (Wildman–Crippen LogP) is 4.00. The van der Waals surface area contributed by atoms with Crippen LogP contribution in [0.2, 0.25) is 0 Å². The van der Waals surface area contributed by atoms with Crippen molar-refractivity contribution in [2.75, 3.05) is 6.26 Å². The van der Waals surface area contributed by atoms with Gasteiger partial charge in [-0.05, 0) is 62.0 Å². The van der Waals surface area contributed by atoms with E-state index in [0.29, 0.717) is 4.75 Å². The number of H-pyrrole nitrogens is 1. The number of hydrogen-bond acceptors (Lipinski definition) is 3. The van der Waals surface area contributed by atoms with Gasteiger partial charge in [0, 0.05) is 21.9 Å². The van der Waals surface area contributed by atoms with E-state index < -0.39 is 0 Å². The van der Waals surface area contributed by atoms with Gasteiger partial charge in [-0.3, -0.25) is 9.78 Å². The van der Waals surface area contributed by atoms with Crippen molar-refractivity contribution in [1.82, 2.24) is 9.97 Å². The summed E-state index contributed by atoms with van der Waals surface area (Å²) in [6, 6.07) is 3.97. The third kappa shape index (κ3) is 2.30. The van der Waals surface area contributed by atoms with E-state index in [1.165, 1.54) is 24.8 Å². The second kappa shape index (κ2) is 5.27. The summed E-state index contributed by atoms with van der Waals surface area (Å²) in [6.07, 6.45) is 14.1. The van der Waals surface area contributed by atoms with Gasteiger partial charge in [0.25, 0.3) is 5.56 Å². The van der Waals surface area contributed by atoms with Gasteiger partial charge in [-0.15, -0.1) is 0 Å². The number of thioether (sulfide) groups is 1. The van der Waals surface area contributed by atoms with Crippen LogP contribution >= 0.6 is 11.8 Å². The van der Waals surface area contributed by atoms with Crippen LogP contribution in [0, 0.1) is 5.92 Å². The number of aromatic nitrogens is 2. The second-order valence-corrected chi connectivity index (χ2v) is 7.67. The highest BCUT2D eigenvalue weighted by atomic mass is 32.2. The summed E-state index contributed by atoms with van der Waals surface area (Å²) in [6.45, 7) is 0. The van der Waals surface area contributed by atoms with Gasteiger partial charge in [0.05, 0.1) is 11.7 Å². The molecule has 22 heavy (non-hydrogen) atoms. The van der Waals surface area contributed by atoms with E-state index in [-0.39, 0.29) is 5.56 Å². The summed E-state index contributed by atoms with van der Waals surface area (Å²) in [4.78, 5) is 19.4. The molecule has 2 aliphatic rings. The van der Waals surface area contributed by atoms with Gasteiger partial charge in [0.1, 0.15) is 0 Å². The number of fused-ring (bicyclic) bond motifs is 1. The minimum atomic E-state index is 0.0104. The number of pyridine rings is 2. The van der Waals surface area contributed by atoms with E-state index in [0.717, 1.165) is 35.2 Å². The molecule has 0 saturated heterocycles. The lowest BCUT2D eigenvalue weighted by molar-refractivity contribution is 0.456. The Morgan fingerprint density at radius 1 is 1.41 bits per heavy atom. The Morgan fingerprint density at radius 2 is 2.27 bits per heavy atom. The van der Waals surface area contributed by atoms with Crippen LogP contribution in [0.25, 0.3) is 16.5 Å². The quantitative estimate of drug-likeness (QED) is 0.931. The first-order chi connectivity index (χ1) is 10.7. The molecule has 2 aliphatic carbocycles. The summed E-state index contributed by atoms with van der Waals surface area (Å²) in [5, 5.41) is 1.05. The Kier molecular flexibility index (Phi) is 3.37. The first-order valence-corrected chi connectivity index (χ1v) is 9.16. The van der Waals surface area contributed by atoms with Crippen LogP contribution in [0.1, 0.15) is 37.7 Å². The maximum Gasteiger partial charge on any atom is 0.256 e. The van der Waals surface area contributed by atoms with Crippen molar-refractivity contribution >= 4 is 28.2 Å². The first-order valence-electron chi connectivity index (χ1n) is 7.93. The monoisotopic (exact) mass is 312 g/mol. The Balaban J connectivity index is 1.65. The van der Waals surface area contributed by atoms with E-state index in [1.807, 2.05) is 23.9 Å². The molecule has 0 unspecified atom stereocenters. The van der Waals surface area contributed by atoms with Crippen LogP contribution < -0.4 is 5.56 Å². The number of allylic oxidation sites excluding steroid dienone is 2. The lowest BCUT2D eigenvalue weighted by Crippen LogP contribution is -2.22. The van der Waals surface area contributed by atoms with E-state index in [9.17, 15) is 4.79 Å². The van der Waals surface area contributed by atoms with Gasteiger partial charge in [-0.25, -0.2) is 0 Å². The fraction of sp³-hybridized carbons (Fsp3) is 0.444. The molecule has 2 heterocycles.